The van der Waals surface area contributed by atoms with E-state index in [0.717, 1.165) is 51.0 Å². The molecule has 1 aromatic carbocycles. The first kappa shape index (κ1) is 21.5. The standard InChI is InChI=1S/C21H32Cl2N2O/c1-3-5-7-16(4-2)14-24-21(26)17-10-12-25(13-11-17)15-18-8-6-9-19(22)20(18)23/h6,8-9,16-17H,3-5,7,10-15H2,1-2H3,(H,24,26)/t16-/m0/s1. The summed E-state index contributed by atoms with van der Waals surface area (Å²) in [7, 11) is 0. The zero-order valence-corrected chi connectivity index (χ0v) is 17.6. The molecule has 0 radical (unpaired) electrons. The van der Waals surface area contributed by atoms with Crippen LogP contribution in [0.5, 0.6) is 0 Å². The molecule has 5 heteroatoms. The predicted octanol–water partition coefficient (Wildman–Crippen LogP) is 5.54. The first-order valence-electron chi connectivity index (χ1n) is 9.98. The Hall–Kier alpha value is -0.770. The summed E-state index contributed by atoms with van der Waals surface area (Å²) in [4.78, 5) is 14.8. The zero-order valence-electron chi connectivity index (χ0n) is 16.1. The van der Waals surface area contributed by atoms with Crippen LogP contribution in [-0.2, 0) is 11.3 Å². The van der Waals surface area contributed by atoms with Crippen LogP contribution in [0, 0.1) is 11.8 Å². The second-order valence-electron chi connectivity index (χ2n) is 7.43. The SMILES string of the molecule is CCCC[C@H](CC)CNC(=O)C1CCN(Cc2cccc(Cl)c2Cl)CC1. The van der Waals surface area contributed by atoms with Crippen molar-refractivity contribution in [2.75, 3.05) is 19.6 Å². The van der Waals surface area contributed by atoms with Gasteiger partial charge in [0.25, 0.3) is 0 Å². The van der Waals surface area contributed by atoms with Crippen molar-refractivity contribution < 1.29 is 4.79 Å². The summed E-state index contributed by atoms with van der Waals surface area (Å²) in [5.74, 6) is 0.995. The number of piperidine rings is 1. The molecule has 1 amide bonds. The molecule has 1 atom stereocenters. The van der Waals surface area contributed by atoms with Gasteiger partial charge in [-0.2, -0.15) is 0 Å². The fourth-order valence-electron chi connectivity index (χ4n) is 3.60. The van der Waals surface area contributed by atoms with Crippen LogP contribution in [0.1, 0.15) is 57.9 Å². The number of hydrogen-bond donors (Lipinski definition) is 1. The Balaban J connectivity index is 1.75. The Labute approximate surface area is 168 Å². The van der Waals surface area contributed by atoms with E-state index in [9.17, 15) is 4.79 Å². The van der Waals surface area contributed by atoms with E-state index in [-0.39, 0.29) is 11.8 Å². The van der Waals surface area contributed by atoms with E-state index in [0.29, 0.717) is 16.0 Å². The Morgan fingerprint density at radius 3 is 2.65 bits per heavy atom. The summed E-state index contributed by atoms with van der Waals surface area (Å²) in [6.45, 7) is 7.90. The Morgan fingerprint density at radius 2 is 2.00 bits per heavy atom. The van der Waals surface area contributed by atoms with Gasteiger partial charge in [-0.1, -0.05) is 68.4 Å². The van der Waals surface area contributed by atoms with Gasteiger partial charge in [-0.25, -0.2) is 0 Å². The molecular weight excluding hydrogens is 367 g/mol. The first-order chi connectivity index (χ1) is 12.5. The van der Waals surface area contributed by atoms with Crippen LogP contribution >= 0.6 is 23.2 Å². The molecule has 26 heavy (non-hydrogen) atoms. The highest BCUT2D eigenvalue weighted by Gasteiger charge is 2.25. The van der Waals surface area contributed by atoms with Crippen molar-refractivity contribution in [3.8, 4) is 0 Å². The van der Waals surface area contributed by atoms with Gasteiger partial charge >= 0.3 is 0 Å². The lowest BCUT2D eigenvalue weighted by Gasteiger charge is -2.31. The lowest BCUT2D eigenvalue weighted by atomic mass is 9.94. The van der Waals surface area contributed by atoms with Crippen molar-refractivity contribution in [2.45, 2.75) is 58.9 Å². The maximum absolute atomic E-state index is 12.5. The van der Waals surface area contributed by atoms with Crippen LogP contribution in [0.3, 0.4) is 0 Å². The molecule has 146 valence electrons. The second kappa shape index (κ2) is 11.2. The first-order valence-corrected chi connectivity index (χ1v) is 10.7. The highest BCUT2D eigenvalue weighted by molar-refractivity contribution is 6.42. The van der Waals surface area contributed by atoms with Crippen LogP contribution in [0.4, 0.5) is 0 Å². The molecule has 0 aromatic heterocycles. The molecule has 1 saturated heterocycles. The number of halogens is 2. The summed E-state index contributed by atoms with van der Waals surface area (Å²) in [5.41, 5.74) is 1.06. The molecule has 3 nitrogen and oxygen atoms in total. The van der Waals surface area contributed by atoms with Gasteiger partial charge in [-0.15, -0.1) is 0 Å². The molecule has 1 aliphatic rings. The van der Waals surface area contributed by atoms with Gasteiger partial charge in [0, 0.05) is 19.0 Å². The lowest BCUT2D eigenvalue weighted by molar-refractivity contribution is -0.126. The normalized spacial score (nSPS) is 17.2. The van der Waals surface area contributed by atoms with Gasteiger partial charge in [0.05, 0.1) is 10.0 Å². The van der Waals surface area contributed by atoms with Crippen molar-refractivity contribution in [3.63, 3.8) is 0 Å². The highest BCUT2D eigenvalue weighted by atomic mass is 35.5. The number of nitrogens with zero attached hydrogens (tertiary/aromatic N) is 1. The van der Waals surface area contributed by atoms with E-state index in [2.05, 4.69) is 24.1 Å². The Kier molecular flexibility index (Phi) is 9.24. The summed E-state index contributed by atoms with van der Waals surface area (Å²) in [6, 6.07) is 5.77. The molecule has 1 N–H and O–H groups in total. The average molecular weight is 399 g/mol. The molecule has 0 unspecified atom stereocenters. The van der Waals surface area contributed by atoms with E-state index in [4.69, 9.17) is 23.2 Å². The van der Waals surface area contributed by atoms with Crippen LogP contribution in [-0.4, -0.2) is 30.4 Å². The fourth-order valence-corrected chi connectivity index (χ4v) is 3.98. The highest BCUT2D eigenvalue weighted by Crippen LogP contribution is 2.28. The minimum Gasteiger partial charge on any atom is -0.356 e. The molecule has 0 spiro atoms. The van der Waals surface area contributed by atoms with E-state index >= 15 is 0 Å². The van der Waals surface area contributed by atoms with Crippen molar-refractivity contribution >= 4 is 29.1 Å². The van der Waals surface area contributed by atoms with E-state index in [1.165, 1.54) is 19.3 Å². The van der Waals surface area contributed by atoms with Gasteiger partial charge < -0.3 is 5.32 Å². The van der Waals surface area contributed by atoms with Crippen molar-refractivity contribution in [1.82, 2.24) is 10.2 Å². The molecule has 0 aliphatic carbocycles. The quantitative estimate of drug-likeness (QED) is 0.592. The average Bonchev–Trinajstić information content (AvgIpc) is 2.66. The summed E-state index contributed by atoms with van der Waals surface area (Å²) >= 11 is 12.4. The maximum atomic E-state index is 12.5. The summed E-state index contributed by atoms with van der Waals surface area (Å²) < 4.78 is 0. The fraction of sp³-hybridized carbons (Fsp3) is 0.667. The van der Waals surface area contributed by atoms with Gasteiger partial charge in [-0.05, 0) is 49.9 Å². The Morgan fingerprint density at radius 1 is 1.27 bits per heavy atom. The topological polar surface area (TPSA) is 32.3 Å². The van der Waals surface area contributed by atoms with Crippen molar-refractivity contribution in [3.05, 3.63) is 33.8 Å². The molecule has 2 rings (SSSR count). The van der Waals surface area contributed by atoms with E-state index in [1.54, 1.807) is 0 Å². The van der Waals surface area contributed by atoms with E-state index < -0.39 is 0 Å². The van der Waals surface area contributed by atoms with Gasteiger partial charge in [-0.3, -0.25) is 9.69 Å². The van der Waals surface area contributed by atoms with Gasteiger partial charge in [0.1, 0.15) is 0 Å². The largest absolute Gasteiger partial charge is 0.356 e. The third kappa shape index (κ3) is 6.44. The van der Waals surface area contributed by atoms with Crippen molar-refractivity contribution in [2.24, 2.45) is 11.8 Å². The predicted molar refractivity (Wildman–Crippen MR) is 111 cm³/mol. The zero-order chi connectivity index (χ0) is 18.9. The van der Waals surface area contributed by atoms with Crippen LogP contribution in [0.2, 0.25) is 10.0 Å². The number of rotatable bonds is 9. The number of unbranched alkanes of at least 4 members (excludes halogenated alkanes) is 1. The number of nitrogens with one attached hydrogen (secondary N) is 1. The monoisotopic (exact) mass is 398 g/mol. The van der Waals surface area contributed by atoms with Gasteiger partial charge in [0.15, 0.2) is 0 Å². The van der Waals surface area contributed by atoms with Crippen molar-refractivity contribution in [1.29, 1.82) is 0 Å². The number of benzene rings is 1. The maximum Gasteiger partial charge on any atom is 0.223 e. The number of carbonyl (C=O) groups is 1. The van der Waals surface area contributed by atoms with E-state index in [1.807, 2.05) is 18.2 Å². The van der Waals surface area contributed by atoms with Gasteiger partial charge in [0.2, 0.25) is 5.91 Å². The summed E-state index contributed by atoms with van der Waals surface area (Å²) in [5, 5.41) is 4.45. The number of amides is 1. The van der Waals surface area contributed by atoms with Crippen LogP contribution in [0.25, 0.3) is 0 Å². The number of hydrogen-bond acceptors (Lipinski definition) is 2. The van der Waals surface area contributed by atoms with Crippen LogP contribution < -0.4 is 5.32 Å². The lowest BCUT2D eigenvalue weighted by Crippen LogP contribution is -2.41. The molecule has 0 saturated carbocycles. The third-order valence-electron chi connectivity index (χ3n) is 5.49. The number of likely N-dealkylation sites (tertiary alicyclic amines) is 1. The minimum absolute atomic E-state index is 0.143. The minimum atomic E-state index is 0.143. The molecule has 1 aliphatic heterocycles. The molecular formula is C21H32Cl2N2O. The molecule has 0 bridgehead atoms. The Bertz CT molecular complexity index is 571. The molecule has 1 aromatic rings. The number of carbonyl (C=O) groups excluding carboxylic acids is 1. The smallest absolute Gasteiger partial charge is 0.223 e. The van der Waals surface area contributed by atoms with Crippen LogP contribution in [0.15, 0.2) is 18.2 Å². The third-order valence-corrected chi connectivity index (χ3v) is 6.35. The second-order valence-corrected chi connectivity index (χ2v) is 8.21. The molecule has 1 fully saturated rings. The summed E-state index contributed by atoms with van der Waals surface area (Å²) in [6.07, 6.45) is 6.65. The molecule has 1 heterocycles.